The molecule has 92 valence electrons. The highest BCUT2D eigenvalue weighted by Gasteiger charge is 2.39. The van der Waals surface area contributed by atoms with E-state index in [0.717, 1.165) is 6.54 Å². The summed E-state index contributed by atoms with van der Waals surface area (Å²) in [5.41, 5.74) is 1.85. The Balaban J connectivity index is 1.62. The van der Waals surface area contributed by atoms with Gasteiger partial charge in [-0.15, -0.1) is 0 Å². The first-order valence-corrected chi connectivity index (χ1v) is 6.47. The molecule has 3 heteroatoms. The maximum atomic E-state index is 9.26. The fourth-order valence-electron chi connectivity index (χ4n) is 3.17. The van der Waals surface area contributed by atoms with Gasteiger partial charge < -0.3 is 10.4 Å². The van der Waals surface area contributed by atoms with E-state index in [0.29, 0.717) is 11.2 Å². The second kappa shape index (κ2) is 4.31. The molecule has 0 amide bonds. The summed E-state index contributed by atoms with van der Waals surface area (Å²) >= 11 is 0. The van der Waals surface area contributed by atoms with Crippen molar-refractivity contribution < 1.29 is 5.11 Å². The third-order valence-corrected chi connectivity index (χ3v) is 4.19. The number of phenols is 1. The van der Waals surface area contributed by atoms with Gasteiger partial charge >= 0.3 is 0 Å². The molecule has 2 saturated heterocycles. The van der Waals surface area contributed by atoms with Crippen LogP contribution in [0, 0.1) is 5.41 Å². The number of rotatable bonds is 2. The molecule has 17 heavy (non-hydrogen) atoms. The molecule has 1 unspecified atom stereocenters. The van der Waals surface area contributed by atoms with E-state index in [-0.39, 0.29) is 0 Å². The minimum Gasteiger partial charge on any atom is -0.508 e. The molecule has 0 aromatic heterocycles. The van der Waals surface area contributed by atoms with Gasteiger partial charge in [-0.1, -0.05) is 12.1 Å². The number of phenolic OH excluding ortho intramolecular Hbond substituents is 1. The average molecular weight is 232 g/mol. The number of nitrogens with one attached hydrogen (secondary N) is 1. The molecule has 2 N–H and O–H groups in total. The summed E-state index contributed by atoms with van der Waals surface area (Å²) in [4.78, 5) is 2.54. The quantitative estimate of drug-likeness (QED) is 0.812. The Morgan fingerprint density at radius 1 is 1.24 bits per heavy atom. The number of likely N-dealkylation sites (tertiary alicyclic amines) is 1. The number of hydrogen-bond acceptors (Lipinski definition) is 3. The van der Waals surface area contributed by atoms with Crippen molar-refractivity contribution in [3.8, 4) is 5.75 Å². The Labute approximate surface area is 102 Å². The largest absolute Gasteiger partial charge is 0.508 e. The molecule has 2 fully saturated rings. The van der Waals surface area contributed by atoms with E-state index in [1.54, 1.807) is 12.1 Å². The molecule has 1 atom stereocenters. The summed E-state index contributed by atoms with van der Waals surface area (Å²) < 4.78 is 0. The van der Waals surface area contributed by atoms with Crippen LogP contribution >= 0.6 is 0 Å². The third-order valence-electron chi connectivity index (χ3n) is 4.19. The molecule has 1 aromatic carbocycles. The van der Waals surface area contributed by atoms with E-state index in [1.165, 1.54) is 44.6 Å². The number of aromatic hydroxyl groups is 1. The van der Waals surface area contributed by atoms with Crippen molar-refractivity contribution in [3.05, 3.63) is 29.8 Å². The van der Waals surface area contributed by atoms with Crippen LogP contribution in [0.2, 0.25) is 0 Å². The molecular formula is C14H20N2O. The van der Waals surface area contributed by atoms with Crippen molar-refractivity contribution in [2.75, 3.05) is 26.2 Å². The fraction of sp³-hybridized carbons (Fsp3) is 0.571. The molecule has 3 rings (SSSR count). The van der Waals surface area contributed by atoms with Gasteiger partial charge in [0.1, 0.15) is 5.75 Å². The van der Waals surface area contributed by atoms with Crippen LogP contribution in [0.15, 0.2) is 24.3 Å². The molecule has 2 aliphatic rings. The number of nitrogens with zero attached hydrogens (tertiary/aromatic N) is 1. The molecular weight excluding hydrogens is 212 g/mol. The van der Waals surface area contributed by atoms with E-state index in [9.17, 15) is 5.11 Å². The summed E-state index contributed by atoms with van der Waals surface area (Å²) in [5, 5.41) is 12.8. The monoisotopic (exact) mass is 232 g/mol. The lowest BCUT2D eigenvalue weighted by Gasteiger charge is -2.22. The Morgan fingerprint density at radius 2 is 2.06 bits per heavy atom. The van der Waals surface area contributed by atoms with Gasteiger partial charge in [-0.2, -0.15) is 0 Å². The minimum atomic E-state index is 0.353. The van der Waals surface area contributed by atoms with Gasteiger partial charge in [0, 0.05) is 19.6 Å². The molecule has 0 aliphatic carbocycles. The summed E-state index contributed by atoms with van der Waals surface area (Å²) in [6, 6.07) is 7.59. The van der Waals surface area contributed by atoms with Gasteiger partial charge in [0.25, 0.3) is 0 Å². The van der Waals surface area contributed by atoms with Crippen LogP contribution in [0.3, 0.4) is 0 Å². The predicted octanol–water partition coefficient (Wildman–Crippen LogP) is 1.58. The highest BCUT2D eigenvalue weighted by atomic mass is 16.3. The highest BCUT2D eigenvalue weighted by Crippen LogP contribution is 2.36. The lowest BCUT2D eigenvalue weighted by atomic mass is 9.86. The van der Waals surface area contributed by atoms with Gasteiger partial charge in [0.05, 0.1) is 0 Å². The standard InChI is InChI=1S/C14H20N2O/c17-13-3-1-12(2-4-13)9-16-8-6-14(11-16)5-7-15-10-14/h1-4,15,17H,5-11H2. The van der Waals surface area contributed by atoms with E-state index >= 15 is 0 Å². The van der Waals surface area contributed by atoms with Gasteiger partial charge in [-0.25, -0.2) is 0 Å². The molecule has 3 nitrogen and oxygen atoms in total. The zero-order valence-corrected chi connectivity index (χ0v) is 10.2. The molecule has 2 heterocycles. The van der Waals surface area contributed by atoms with Crippen molar-refractivity contribution in [3.63, 3.8) is 0 Å². The average Bonchev–Trinajstić information content (AvgIpc) is 2.94. The molecule has 1 spiro atoms. The van der Waals surface area contributed by atoms with Gasteiger partial charge in [0.15, 0.2) is 0 Å². The first-order chi connectivity index (χ1) is 8.26. The predicted molar refractivity (Wildman–Crippen MR) is 67.9 cm³/mol. The summed E-state index contributed by atoms with van der Waals surface area (Å²) in [6.07, 6.45) is 2.66. The maximum absolute atomic E-state index is 9.26. The smallest absolute Gasteiger partial charge is 0.115 e. The Morgan fingerprint density at radius 3 is 2.76 bits per heavy atom. The maximum Gasteiger partial charge on any atom is 0.115 e. The minimum absolute atomic E-state index is 0.353. The highest BCUT2D eigenvalue weighted by molar-refractivity contribution is 5.25. The molecule has 1 aromatic rings. The Hall–Kier alpha value is -1.06. The van der Waals surface area contributed by atoms with E-state index in [4.69, 9.17) is 0 Å². The van der Waals surface area contributed by atoms with Crippen LogP contribution in [-0.4, -0.2) is 36.2 Å². The SMILES string of the molecule is Oc1ccc(CN2CCC3(CCNC3)C2)cc1. The van der Waals surface area contributed by atoms with Gasteiger partial charge in [-0.05, 0) is 49.0 Å². The molecule has 0 bridgehead atoms. The second-order valence-electron chi connectivity index (χ2n) is 5.55. The molecule has 0 radical (unpaired) electrons. The lowest BCUT2D eigenvalue weighted by Crippen LogP contribution is -2.28. The first kappa shape index (κ1) is 11.1. The first-order valence-electron chi connectivity index (χ1n) is 6.47. The lowest BCUT2D eigenvalue weighted by molar-refractivity contribution is 0.268. The van der Waals surface area contributed by atoms with Crippen LogP contribution < -0.4 is 5.32 Å². The second-order valence-corrected chi connectivity index (χ2v) is 5.55. The van der Waals surface area contributed by atoms with Gasteiger partial charge in [-0.3, -0.25) is 4.90 Å². The van der Waals surface area contributed by atoms with Crippen LogP contribution in [0.5, 0.6) is 5.75 Å². The zero-order chi connectivity index (χ0) is 11.7. The third kappa shape index (κ3) is 2.31. The van der Waals surface area contributed by atoms with Crippen LogP contribution in [-0.2, 0) is 6.54 Å². The van der Waals surface area contributed by atoms with Crippen LogP contribution in [0.4, 0.5) is 0 Å². The van der Waals surface area contributed by atoms with Crippen molar-refractivity contribution in [2.45, 2.75) is 19.4 Å². The van der Waals surface area contributed by atoms with Gasteiger partial charge in [0.2, 0.25) is 0 Å². The summed E-state index contributed by atoms with van der Waals surface area (Å²) in [6.45, 7) is 5.83. The normalized spacial score (nSPS) is 29.2. The topological polar surface area (TPSA) is 35.5 Å². The van der Waals surface area contributed by atoms with Crippen LogP contribution in [0.25, 0.3) is 0 Å². The Kier molecular flexibility index (Phi) is 2.81. The zero-order valence-electron chi connectivity index (χ0n) is 10.2. The fourth-order valence-corrected chi connectivity index (χ4v) is 3.17. The van der Waals surface area contributed by atoms with Crippen molar-refractivity contribution in [1.82, 2.24) is 10.2 Å². The van der Waals surface area contributed by atoms with Crippen molar-refractivity contribution >= 4 is 0 Å². The molecule has 2 aliphatic heterocycles. The van der Waals surface area contributed by atoms with E-state index < -0.39 is 0 Å². The summed E-state index contributed by atoms with van der Waals surface area (Å²) in [5.74, 6) is 0.353. The Bertz CT molecular complexity index is 382. The van der Waals surface area contributed by atoms with E-state index in [1.807, 2.05) is 12.1 Å². The van der Waals surface area contributed by atoms with Crippen molar-refractivity contribution in [2.24, 2.45) is 5.41 Å². The van der Waals surface area contributed by atoms with Crippen molar-refractivity contribution in [1.29, 1.82) is 0 Å². The molecule has 0 saturated carbocycles. The number of hydrogen-bond donors (Lipinski definition) is 2. The van der Waals surface area contributed by atoms with Crippen LogP contribution in [0.1, 0.15) is 18.4 Å². The number of benzene rings is 1. The van der Waals surface area contributed by atoms with E-state index in [2.05, 4.69) is 10.2 Å². The summed E-state index contributed by atoms with van der Waals surface area (Å²) in [7, 11) is 0.